The average molecular weight is 364 g/mol. The Morgan fingerprint density at radius 1 is 1.17 bits per heavy atom. The first kappa shape index (κ1) is 17.4. The summed E-state index contributed by atoms with van der Waals surface area (Å²) in [5.74, 6) is 0.0204. The fraction of sp³-hybridized carbons (Fsp3) is 0.389. The third-order valence-corrected chi connectivity index (χ3v) is 5.60. The number of halogens is 1. The predicted octanol–water partition coefficient (Wildman–Crippen LogP) is 3.47. The molecule has 0 bridgehead atoms. The van der Waals surface area contributed by atoms with Gasteiger partial charge in [-0.05, 0) is 36.1 Å². The Kier molecular flexibility index (Phi) is 5.89. The molecule has 0 radical (unpaired) electrons. The summed E-state index contributed by atoms with van der Waals surface area (Å²) < 4.78 is 0. The molecule has 1 aliphatic rings. The molecule has 4 nitrogen and oxygen atoms in total. The van der Waals surface area contributed by atoms with Crippen molar-refractivity contribution in [3.8, 4) is 0 Å². The van der Waals surface area contributed by atoms with Crippen LogP contribution in [0, 0.1) is 6.92 Å². The van der Waals surface area contributed by atoms with Crippen LogP contribution in [0.15, 0.2) is 35.7 Å². The van der Waals surface area contributed by atoms with E-state index in [1.165, 1.54) is 4.88 Å². The van der Waals surface area contributed by atoms with E-state index in [1.54, 1.807) is 11.3 Å². The van der Waals surface area contributed by atoms with Crippen molar-refractivity contribution in [1.82, 2.24) is 9.80 Å². The molecule has 1 aromatic heterocycles. The molecule has 1 N–H and O–H groups in total. The number of amides is 1. The van der Waals surface area contributed by atoms with Gasteiger partial charge >= 0.3 is 0 Å². The Labute approximate surface area is 152 Å². The molecule has 128 valence electrons. The summed E-state index contributed by atoms with van der Waals surface area (Å²) >= 11 is 7.90. The zero-order chi connectivity index (χ0) is 16.9. The largest absolute Gasteiger partial charge is 0.325 e. The van der Waals surface area contributed by atoms with Crippen molar-refractivity contribution < 1.29 is 4.79 Å². The first-order valence-electron chi connectivity index (χ1n) is 8.14. The Balaban J connectivity index is 1.45. The van der Waals surface area contributed by atoms with Crippen molar-refractivity contribution in [2.75, 3.05) is 38.0 Å². The number of nitrogens with zero attached hydrogens (tertiary/aromatic N) is 2. The summed E-state index contributed by atoms with van der Waals surface area (Å²) in [6, 6.07) is 9.85. The van der Waals surface area contributed by atoms with Gasteiger partial charge in [-0.3, -0.25) is 14.6 Å². The maximum absolute atomic E-state index is 12.3. The van der Waals surface area contributed by atoms with Gasteiger partial charge in [-0.25, -0.2) is 0 Å². The molecule has 0 atom stereocenters. The number of thiophene rings is 1. The van der Waals surface area contributed by atoms with Gasteiger partial charge in [0.15, 0.2) is 0 Å². The molecule has 24 heavy (non-hydrogen) atoms. The maximum atomic E-state index is 12.3. The SMILES string of the molecule is Cc1c(Cl)cccc1NC(=O)CN1CCN(Cc2cccs2)CC1. The number of rotatable bonds is 5. The number of carbonyl (C=O) groups excluding carboxylic acids is 1. The van der Waals surface area contributed by atoms with Gasteiger partial charge in [-0.15, -0.1) is 11.3 Å². The summed E-state index contributed by atoms with van der Waals surface area (Å²) in [4.78, 5) is 18.3. The minimum absolute atomic E-state index is 0.0204. The molecule has 2 aromatic rings. The summed E-state index contributed by atoms with van der Waals surface area (Å²) in [6.07, 6.45) is 0. The first-order chi connectivity index (χ1) is 11.6. The van der Waals surface area contributed by atoms with Crippen LogP contribution in [0.5, 0.6) is 0 Å². The second-order valence-electron chi connectivity index (χ2n) is 6.09. The highest BCUT2D eigenvalue weighted by molar-refractivity contribution is 7.09. The number of piperazine rings is 1. The highest BCUT2D eigenvalue weighted by Crippen LogP contribution is 2.22. The van der Waals surface area contributed by atoms with Gasteiger partial charge in [-0.1, -0.05) is 23.7 Å². The summed E-state index contributed by atoms with van der Waals surface area (Å²) in [7, 11) is 0. The Morgan fingerprint density at radius 3 is 2.62 bits per heavy atom. The van der Waals surface area contributed by atoms with Crippen molar-refractivity contribution in [2.24, 2.45) is 0 Å². The molecular formula is C18H22ClN3OS. The fourth-order valence-corrected chi connectivity index (χ4v) is 3.78. The van der Waals surface area contributed by atoms with Crippen LogP contribution in [0.2, 0.25) is 5.02 Å². The Morgan fingerprint density at radius 2 is 1.92 bits per heavy atom. The molecule has 1 aromatic carbocycles. The Hall–Kier alpha value is -1.40. The van der Waals surface area contributed by atoms with E-state index in [0.29, 0.717) is 11.6 Å². The van der Waals surface area contributed by atoms with E-state index < -0.39 is 0 Å². The zero-order valence-corrected chi connectivity index (χ0v) is 15.4. The fourth-order valence-electron chi connectivity index (χ4n) is 2.86. The van der Waals surface area contributed by atoms with E-state index in [4.69, 9.17) is 11.6 Å². The lowest BCUT2D eigenvalue weighted by Crippen LogP contribution is -2.48. The molecule has 0 aliphatic carbocycles. The van der Waals surface area contributed by atoms with Crippen LogP contribution in [0.1, 0.15) is 10.4 Å². The summed E-state index contributed by atoms with van der Waals surface area (Å²) in [5.41, 5.74) is 1.71. The number of hydrogen-bond donors (Lipinski definition) is 1. The van der Waals surface area contributed by atoms with Crippen LogP contribution in [0.4, 0.5) is 5.69 Å². The van der Waals surface area contributed by atoms with Crippen LogP contribution in [-0.2, 0) is 11.3 Å². The van der Waals surface area contributed by atoms with Crippen LogP contribution < -0.4 is 5.32 Å². The third-order valence-electron chi connectivity index (χ3n) is 4.33. The van der Waals surface area contributed by atoms with Crippen molar-refractivity contribution >= 4 is 34.5 Å². The van der Waals surface area contributed by atoms with Gasteiger partial charge in [0.1, 0.15) is 0 Å². The predicted molar refractivity (Wildman–Crippen MR) is 101 cm³/mol. The first-order valence-corrected chi connectivity index (χ1v) is 9.39. The van der Waals surface area contributed by atoms with Gasteiger partial charge in [-0.2, -0.15) is 0 Å². The second-order valence-corrected chi connectivity index (χ2v) is 7.53. The molecule has 1 fully saturated rings. The highest BCUT2D eigenvalue weighted by atomic mass is 35.5. The highest BCUT2D eigenvalue weighted by Gasteiger charge is 2.19. The molecular weight excluding hydrogens is 342 g/mol. The van der Waals surface area contributed by atoms with E-state index in [-0.39, 0.29) is 5.91 Å². The monoisotopic (exact) mass is 363 g/mol. The molecule has 0 unspecified atom stereocenters. The van der Waals surface area contributed by atoms with E-state index >= 15 is 0 Å². The molecule has 0 saturated carbocycles. The number of benzene rings is 1. The lowest BCUT2D eigenvalue weighted by atomic mass is 10.2. The second kappa shape index (κ2) is 8.12. The van der Waals surface area contributed by atoms with Gasteiger partial charge in [0.25, 0.3) is 0 Å². The van der Waals surface area contributed by atoms with Crippen molar-refractivity contribution in [3.63, 3.8) is 0 Å². The topological polar surface area (TPSA) is 35.6 Å². The lowest BCUT2D eigenvalue weighted by molar-refractivity contribution is -0.117. The van der Waals surface area contributed by atoms with Crippen LogP contribution in [0.3, 0.4) is 0 Å². The number of nitrogens with one attached hydrogen (secondary N) is 1. The Bertz CT molecular complexity index is 682. The molecule has 1 saturated heterocycles. The molecule has 6 heteroatoms. The quantitative estimate of drug-likeness (QED) is 0.883. The zero-order valence-electron chi connectivity index (χ0n) is 13.8. The van der Waals surface area contributed by atoms with E-state index in [1.807, 2.05) is 25.1 Å². The molecule has 1 amide bonds. The van der Waals surface area contributed by atoms with Crippen molar-refractivity contribution in [3.05, 3.63) is 51.2 Å². The van der Waals surface area contributed by atoms with Crippen LogP contribution in [-0.4, -0.2) is 48.4 Å². The minimum Gasteiger partial charge on any atom is -0.325 e. The van der Waals surface area contributed by atoms with E-state index in [0.717, 1.165) is 44.0 Å². The summed E-state index contributed by atoms with van der Waals surface area (Å²) in [5, 5.41) is 5.76. The molecule has 1 aliphatic heterocycles. The number of anilines is 1. The molecule has 3 rings (SSSR count). The standard InChI is InChI=1S/C18H22ClN3OS/c1-14-16(19)5-2-6-17(14)20-18(23)13-22-9-7-21(8-10-22)12-15-4-3-11-24-15/h2-6,11H,7-10,12-13H2,1H3,(H,20,23). The average Bonchev–Trinajstić information content (AvgIpc) is 3.07. The van der Waals surface area contributed by atoms with E-state index in [2.05, 4.69) is 32.6 Å². The third kappa shape index (κ3) is 4.57. The normalized spacial score (nSPS) is 16.2. The van der Waals surface area contributed by atoms with Gasteiger partial charge in [0, 0.05) is 48.3 Å². The smallest absolute Gasteiger partial charge is 0.238 e. The van der Waals surface area contributed by atoms with Gasteiger partial charge in [0.2, 0.25) is 5.91 Å². The van der Waals surface area contributed by atoms with Crippen molar-refractivity contribution in [1.29, 1.82) is 0 Å². The molecule has 0 spiro atoms. The lowest BCUT2D eigenvalue weighted by Gasteiger charge is -2.34. The van der Waals surface area contributed by atoms with Crippen molar-refractivity contribution in [2.45, 2.75) is 13.5 Å². The molecule has 2 heterocycles. The van der Waals surface area contributed by atoms with Crippen LogP contribution in [0.25, 0.3) is 0 Å². The number of carbonyl (C=O) groups is 1. The van der Waals surface area contributed by atoms with E-state index in [9.17, 15) is 4.79 Å². The number of hydrogen-bond acceptors (Lipinski definition) is 4. The van der Waals surface area contributed by atoms with Crippen LogP contribution >= 0.6 is 22.9 Å². The minimum atomic E-state index is 0.0204. The van der Waals surface area contributed by atoms with Gasteiger partial charge in [0.05, 0.1) is 6.54 Å². The maximum Gasteiger partial charge on any atom is 0.238 e. The van der Waals surface area contributed by atoms with Gasteiger partial charge < -0.3 is 5.32 Å². The summed E-state index contributed by atoms with van der Waals surface area (Å²) in [6.45, 7) is 7.21.